The van der Waals surface area contributed by atoms with Crippen LogP contribution >= 0.6 is 0 Å². The zero-order valence-corrected chi connectivity index (χ0v) is 12.6. The van der Waals surface area contributed by atoms with Gasteiger partial charge in [0.25, 0.3) is 5.69 Å². The van der Waals surface area contributed by atoms with Crippen LogP contribution in [0.5, 0.6) is 11.5 Å². The number of aromatic hydroxyl groups is 1. The molecule has 7 heteroatoms. The van der Waals surface area contributed by atoms with Gasteiger partial charge in [0.2, 0.25) is 0 Å². The third-order valence-corrected chi connectivity index (χ3v) is 3.32. The van der Waals surface area contributed by atoms with Gasteiger partial charge in [-0.3, -0.25) is 15.1 Å². The van der Waals surface area contributed by atoms with Crippen molar-refractivity contribution in [3.63, 3.8) is 0 Å². The number of benzene rings is 2. The molecule has 1 N–H and O–H groups in total. The van der Waals surface area contributed by atoms with Crippen LogP contribution in [0.2, 0.25) is 0 Å². The molecule has 120 valence electrons. The summed E-state index contributed by atoms with van der Waals surface area (Å²) in [5.41, 5.74) is 0.692. The van der Waals surface area contributed by atoms with Crippen LogP contribution in [0.1, 0.15) is 24.1 Å². The minimum absolute atomic E-state index is 0.118. The molecule has 0 saturated carbocycles. The van der Waals surface area contributed by atoms with Crippen molar-refractivity contribution in [3.8, 4) is 11.5 Å². The molecular weight excluding hydrogens is 303 g/mol. The zero-order valence-electron chi connectivity index (χ0n) is 12.6. The highest BCUT2D eigenvalue weighted by Gasteiger charge is 2.11. The lowest BCUT2D eigenvalue weighted by Gasteiger charge is -2.09. The van der Waals surface area contributed by atoms with E-state index in [1.807, 2.05) is 0 Å². The molecule has 0 saturated heterocycles. The fourth-order valence-electron chi connectivity index (χ4n) is 1.98. The monoisotopic (exact) mass is 318 g/mol. The maximum atomic E-state index is 13.7. The average Bonchev–Trinajstić information content (AvgIpc) is 2.53. The van der Waals surface area contributed by atoms with Gasteiger partial charge < -0.3 is 9.84 Å². The Bertz CT molecular complexity index is 762. The Kier molecular flexibility index (Phi) is 4.90. The number of hydrogen-bond donors (Lipinski definition) is 1. The van der Waals surface area contributed by atoms with Crippen molar-refractivity contribution in [2.24, 2.45) is 4.99 Å². The van der Waals surface area contributed by atoms with Crippen LogP contribution in [0.15, 0.2) is 41.4 Å². The van der Waals surface area contributed by atoms with E-state index in [0.717, 1.165) is 0 Å². The van der Waals surface area contributed by atoms with Crippen molar-refractivity contribution >= 4 is 11.9 Å². The lowest BCUT2D eigenvalue weighted by molar-refractivity contribution is -0.384. The summed E-state index contributed by atoms with van der Waals surface area (Å²) in [4.78, 5) is 14.4. The largest absolute Gasteiger partial charge is 0.507 e. The van der Waals surface area contributed by atoms with E-state index in [1.165, 1.54) is 43.7 Å². The van der Waals surface area contributed by atoms with Crippen molar-refractivity contribution in [1.82, 2.24) is 0 Å². The summed E-state index contributed by atoms with van der Waals surface area (Å²) < 4.78 is 18.5. The van der Waals surface area contributed by atoms with Crippen LogP contribution in [0.25, 0.3) is 0 Å². The van der Waals surface area contributed by atoms with Gasteiger partial charge in [-0.15, -0.1) is 0 Å². The van der Waals surface area contributed by atoms with Gasteiger partial charge in [-0.2, -0.15) is 0 Å². The second kappa shape index (κ2) is 6.87. The molecule has 0 fully saturated rings. The van der Waals surface area contributed by atoms with E-state index in [9.17, 15) is 19.6 Å². The van der Waals surface area contributed by atoms with E-state index < -0.39 is 16.8 Å². The molecule has 0 aliphatic rings. The molecule has 2 rings (SSSR count). The van der Waals surface area contributed by atoms with Gasteiger partial charge >= 0.3 is 0 Å². The number of rotatable bonds is 5. The quantitative estimate of drug-likeness (QED) is 0.518. The topological polar surface area (TPSA) is 85.0 Å². The molecule has 2 aromatic rings. The molecule has 1 atom stereocenters. The van der Waals surface area contributed by atoms with Crippen molar-refractivity contribution in [2.45, 2.75) is 13.0 Å². The Morgan fingerprint density at radius 1 is 1.35 bits per heavy atom. The Balaban J connectivity index is 2.24. The summed E-state index contributed by atoms with van der Waals surface area (Å²) in [5.74, 6) is -0.473. The van der Waals surface area contributed by atoms with Gasteiger partial charge in [0.15, 0.2) is 11.6 Å². The molecule has 0 amide bonds. The van der Waals surface area contributed by atoms with Crippen molar-refractivity contribution in [1.29, 1.82) is 0 Å². The number of aliphatic imine (C=N–C) groups is 1. The zero-order chi connectivity index (χ0) is 17.0. The standard InChI is InChI=1S/C16H15FN2O4/c1-10(11-3-6-16(23-2)14(17)8-11)18-9-12-7-13(19(21)22)4-5-15(12)20/h3-10,20H,1-2H3/t10-/m0/s1. The summed E-state index contributed by atoms with van der Waals surface area (Å²) in [6, 6.07) is 7.76. The maximum absolute atomic E-state index is 13.7. The SMILES string of the molecule is COc1ccc([C@H](C)N=Cc2cc([N+](=O)[O-])ccc2O)cc1F. The lowest BCUT2D eigenvalue weighted by Crippen LogP contribution is -1.95. The smallest absolute Gasteiger partial charge is 0.270 e. The van der Waals surface area contributed by atoms with Crippen molar-refractivity contribution in [3.05, 3.63) is 63.5 Å². The van der Waals surface area contributed by atoms with Crippen LogP contribution in [0.4, 0.5) is 10.1 Å². The van der Waals surface area contributed by atoms with E-state index in [1.54, 1.807) is 13.0 Å². The highest BCUT2D eigenvalue weighted by atomic mass is 19.1. The summed E-state index contributed by atoms with van der Waals surface area (Å²) >= 11 is 0. The molecule has 0 heterocycles. The van der Waals surface area contributed by atoms with E-state index in [0.29, 0.717) is 5.56 Å². The molecular formula is C16H15FN2O4. The summed E-state index contributed by atoms with van der Waals surface area (Å²) in [6.07, 6.45) is 1.33. The molecule has 23 heavy (non-hydrogen) atoms. The van der Waals surface area contributed by atoms with Crippen LogP contribution in [-0.4, -0.2) is 23.4 Å². The molecule has 0 spiro atoms. The molecule has 0 bridgehead atoms. The Morgan fingerprint density at radius 3 is 2.70 bits per heavy atom. The first kappa shape index (κ1) is 16.4. The van der Waals surface area contributed by atoms with Crippen LogP contribution < -0.4 is 4.74 Å². The number of phenolic OH excluding ortho intramolecular Hbond substituents is 1. The van der Waals surface area contributed by atoms with E-state index in [4.69, 9.17) is 4.74 Å². The number of hydrogen-bond acceptors (Lipinski definition) is 5. The van der Waals surface area contributed by atoms with Crippen LogP contribution in [-0.2, 0) is 0 Å². The third-order valence-electron chi connectivity index (χ3n) is 3.32. The number of halogens is 1. The van der Waals surface area contributed by atoms with Gasteiger partial charge in [-0.05, 0) is 30.7 Å². The van der Waals surface area contributed by atoms with E-state index >= 15 is 0 Å². The van der Waals surface area contributed by atoms with Crippen LogP contribution in [0.3, 0.4) is 0 Å². The van der Waals surface area contributed by atoms with Gasteiger partial charge in [0, 0.05) is 23.9 Å². The second-order valence-corrected chi connectivity index (χ2v) is 4.85. The number of ether oxygens (including phenoxy) is 1. The first-order valence-corrected chi connectivity index (χ1v) is 6.76. The number of nitro benzene ring substituents is 1. The highest BCUT2D eigenvalue weighted by molar-refractivity contribution is 5.84. The summed E-state index contributed by atoms with van der Waals surface area (Å²) in [7, 11) is 1.38. The number of methoxy groups -OCH3 is 1. The first-order chi connectivity index (χ1) is 10.9. The fraction of sp³-hybridized carbons (Fsp3) is 0.188. The number of nitro groups is 1. The normalized spacial score (nSPS) is 12.3. The molecule has 6 nitrogen and oxygen atoms in total. The average molecular weight is 318 g/mol. The van der Waals surface area contributed by atoms with E-state index in [2.05, 4.69) is 4.99 Å². The van der Waals surface area contributed by atoms with Gasteiger partial charge in [-0.1, -0.05) is 6.07 Å². The second-order valence-electron chi connectivity index (χ2n) is 4.85. The third kappa shape index (κ3) is 3.82. The molecule has 0 aliphatic heterocycles. The number of non-ortho nitro benzene ring substituents is 1. The van der Waals surface area contributed by atoms with Crippen LogP contribution in [0, 0.1) is 15.9 Å². The van der Waals surface area contributed by atoms with Crippen molar-refractivity contribution in [2.75, 3.05) is 7.11 Å². The predicted molar refractivity (Wildman–Crippen MR) is 83.7 cm³/mol. The van der Waals surface area contributed by atoms with E-state index in [-0.39, 0.29) is 22.7 Å². The predicted octanol–water partition coefficient (Wildman–Crippen LogP) is 3.63. The molecule has 0 aliphatic carbocycles. The Morgan fingerprint density at radius 2 is 2.09 bits per heavy atom. The summed E-state index contributed by atoms with van der Waals surface area (Å²) in [5, 5.41) is 20.5. The molecule has 0 radical (unpaired) electrons. The Labute approximate surface area is 132 Å². The molecule has 0 unspecified atom stereocenters. The van der Waals surface area contributed by atoms with Gasteiger partial charge in [0.1, 0.15) is 5.75 Å². The minimum atomic E-state index is -0.556. The number of nitrogens with zero attached hydrogens (tertiary/aromatic N) is 2. The Hall–Kier alpha value is -2.96. The highest BCUT2D eigenvalue weighted by Crippen LogP contribution is 2.25. The minimum Gasteiger partial charge on any atom is -0.507 e. The van der Waals surface area contributed by atoms with Gasteiger partial charge in [0.05, 0.1) is 18.1 Å². The fourth-order valence-corrected chi connectivity index (χ4v) is 1.98. The lowest BCUT2D eigenvalue weighted by atomic mass is 10.1. The first-order valence-electron chi connectivity index (χ1n) is 6.76. The van der Waals surface area contributed by atoms with Gasteiger partial charge in [-0.25, -0.2) is 4.39 Å². The molecule has 0 aromatic heterocycles. The number of phenols is 1. The maximum Gasteiger partial charge on any atom is 0.270 e. The molecule has 2 aromatic carbocycles. The van der Waals surface area contributed by atoms with Crippen molar-refractivity contribution < 1.29 is 19.2 Å². The summed E-state index contributed by atoms with van der Waals surface area (Å²) in [6.45, 7) is 1.74.